The van der Waals surface area contributed by atoms with Crippen LogP contribution in [0.5, 0.6) is 5.75 Å². The number of aryl methyl sites for hydroxylation is 1. The van der Waals surface area contributed by atoms with Crippen molar-refractivity contribution in [2.45, 2.75) is 37.4 Å². The van der Waals surface area contributed by atoms with Gasteiger partial charge in [0.05, 0.1) is 15.5 Å². The molecule has 0 aliphatic rings. The Morgan fingerprint density at radius 1 is 1.03 bits per heavy atom. The van der Waals surface area contributed by atoms with Crippen LogP contribution in [-0.4, -0.2) is 20.4 Å². The molecule has 186 valence electrons. The lowest BCUT2D eigenvalue weighted by Gasteiger charge is -2.18. The number of halogens is 4. The maximum Gasteiger partial charge on any atom is 0.417 e. The average Bonchev–Trinajstić information content (AvgIpc) is 2.79. The zero-order valence-electron chi connectivity index (χ0n) is 18.7. The highest BCUT2D eigenvalue weighted by Crippen LogP contribution is 2.36. The lowest BCUT2D eigenvalue weighted by atomic mass is 10.2. The van der Waals surface area contributed by atoms with Gasteiger partial charge in [0.1, 0.15) is 5.75 Å². The highest BCUT2D eigenvalue weighted by Gasteiger charge is 2.33. The van der Waals surface area contributed by atoms with E-state index in [0.717, 1.165) is 17.7 Å². The monoisotopic (exact) mass is 526 g/mol. The van der Waals surface area contributed by atoms with E-state index in [0.29, 0.717) is 23.9 Å². The number of rotatable bonds is 8. The summed E-state index contributed by atoms with van der Waals surface area (Å²) in [6.45, 7) is 3.66. The first kappa shape index (κ1) is 26.4. The second-order valence-corrected chi connectivity index (χ2v) is 9.68. The zero-order valence-corrected chi connectivity index (χ0v) is 20.3. The number of ether oxygens (including phenoxy) is 1. The van der Waals surface area contributed by atoms with Crippen molar-refractivity contribution in [3.63, 3.8) is 0 Å². The fourth-order valence-corrected chi connectivity index (χ4v) is 4.40. The van der Waals surface area contributed by atoms with Crippen LogP contribution in [0.2, 0.25) is 5.02 Å². The van der Waals surface area contributed by atoms with Crippen LogP contribution >= 0.6 is 11.6 Å². The minimum atomic E-state index is -4.74. The number of anilines is 2. The summed E-state index contributed by atoms with van der Waals surface area (Å²) in [6.07, 6.45) is -5.11. The molecule has 6 nitrogen and oxygen atoms in total. The number of carbonyl (C=O) groups excluding carboxylic acids is 1. The van der Waals surface area contributed by atoms with E-state index < -0.39 is 38.8 Å². The van der Waals surface area contributed by atoms with E-state index in [9.17, 15) is 26.4 Å². The van der Waals surface area contributed by atoms with Gasteiger partial charge < -0.3 is 10.1 Å². The molecule has 2 N–H and O–H groups in total. The van der Waals surface area contributed by atoms with E-state index >= 15 is 0 Å². The van der Waals surface area contributed by atoms with Crippen LogP contribution in [0, 0.1) is 6.92 Å². The molecule has 0 fully saturated rings. The zero-order chi connectivity index (χ0) is 25.8. The topological polar surface area (TPSA) is 84.5 Å². The minimum Gasteiger partial charge on any atom is -0.480 e. The SMILES string of the molecule is CC[C@H](Oc1ccccc1C)C(=O)Nc1ccc(S(=O)(=O)Nc2ccc(Cl)c(C(F)(F)F)c2)cc1. The molecule has 3 rings (SSSR count). The molecule has 0 saturated carbocycles. The Labute approximate surface area is 206 Å². The van der Waals surface area contributed by atoms with Gasteiger partial charge in [0.2, 0.25) is 0 Å². The molecule has 11 heteroatoms. The summed E-state index contributed by atoms with van der Waals surface area (Å²) in [4.78, 5) is 12.4. The van der Waals surface area contributed by atoms with Crippen molar-refractivity contribution < 1.29 is 31.1 Å². The van der Waals surface area contributed by atoms with E-state index in [1.807, 2.05) is 19.1 Å². The molecule has 3 aromatic carbocycles. The molecule has 0 aliphatic carbocycles. The first-order valence-corrected chi connectivity index (χ1v) is 12.3. The molecule has 35 heavy (non-hydrogen) atoms. The Kier molecular flexibility index (Phi) is 7.97. The van der Waals surface area contributed by atoms with Crippen molar-refractivity contribution in [1.29, 1.82) is 0 Å². The number of carbonyl (C=O) groups is 1. The van der Waals surface area contributed by atoms with Crippen molar-refractivity contribution in [1.82, 2.24) is 0 Å². The number of alkyl halides is 3. The van der Waals surface area contributed by atoms with Gasteiger partial charge in [-0.3, -0.25) is 9.52 Å². The highest BCUT2D eigenvalue weighted by atomic mass is 35.5. The van der Waals surface area contributed by atoms with Gasteiger partial charge in [0.25, 0.3) is 15.9 Å². The molecule has 1 amide bonds. The molecule has 3 aromatic rings. The largest absolute Gasteiger partial charge is 0.480 e. The van der Waals surface area contributed by atoms with Gasteiger partial charge >= 0.3 is 6.18 Å². The third-order valence-corrected chi connectivity index (χ3v) is 6.71. The first-order valence-electron chi connectivity index (χ1n) is 10.4. The number of hydrogen-bond acceptors (Lipinski definition) is 4. The molecule has 0 aromatic heterocycles. The maximum absolute atomic E-state index is 13.1. The molecule has 0 bridgehead atoms. The second kappa shape index (κ2) is 10.6. The summed E-state index contributed by atoms with van der Waals surface area (Å²) in [5.74, 6) is 0.170. The second-order valence-electron chi connectivity index (χ2n) is 7.59. The quantitative estimate of drug-likeness (QED) is 0.362. The molecule has 0 spiro atoms. The van der Waals surface area contributed by atoms with Gasteiger partial charge in [0, 0.05) is 11.4 Å². The Hall–Kier alpha value is -3.24. The molecular formula is C24H22ClF3N2O4S. The van der Waals surface area contributed by atoms with Crippen molar-refractivity contribution in [2.24, 2.45) is 0 Å². The van der Waals surface area contributed by atoms with Crippen LogP contribution in [0.4, 0.5) is 24.5 Å². The Morgan fingerprint density at radius 2 is 1.66 bits per heavy atom. The minimum absolute atomic E-state index is 0.206. The molecule has 0 radical (unpaired) electrons. The van der Waals surface area contributed by atoms with Gasteiger partial charge in [-0.05, 0) is 67.4 Å². The van der Waals surface area contributed by atoms with Crippen molar-refractivity contribution in [3.05, 3.63) is 82.9 Å². The number of sulfonamides is 1. The van der Waals surface area contributed by atoms with Gasteiger partial charge in [-0.25, -0.2) is 8.42 Å². The summed E-state index contributed by atoms with van der Waals surface area (Å²) >= 11 is 5.57. The molecule has 0 saturated heterocycles. The molecule has 0 aliphatic heterocycles. The lowest BCUT2D eigenvalue weighted by Crippen LogP contribution is -2.32. The average molecular weight is 527 g/mol. The third-order valence-electron chi connectivity index (χ3n) is 4.98. The van der Waals surface area contributed by atoms with Crippen LogP contribution in [-0.2, 0) is 21.0 Å². The Morgan fingerprint density at radius 3 is 2.26 bits per heavy atom. The summed E-state index contributed by atoms with van der Waals surface area (Å²) < 4.78 is 72.3. The third kappa shape index (κ3) is 6.67. The van der Waals surface area contributed by atoms with Crippen LogP contribution in [0.1, 0.15) is 24.5 Å². The van der Waals surface area contributed by atoms with E-state index in [-0.39, 0.29) is 10.6 Å². The van der Waals surface area contributed by atoms with E-state index in [2.05, 4.69) is 10.0 Å². The predicted octanol–water partition coefficient (Wildman–Crippen LogP) is 6.26. The van der Waals surface area contributed by atoms with Gasteiger partial charge in [0.15, 0.2) is 6.10 Å². The number of hydrogen-bond donors (Lipinski definition) is 2. The van der Waals surface area contributed by atoms with Crippen molar-refractivity contribution in [2.75, 3.05) is 10.0 Å². The van der Waals surface area contributed by atoms with Crippen molar-refractivity contribution >= 4 is 38.9 Å². The fraction of sp³-hybridized carbons (Fsp3) is 0.208. The van der Waals surface area contributed by atoms with E-state index in [1.165, 1.54) is 24.3 Å². The van der Waals surface area contributed by atoms with E-state index in [4.69, 9.17) is 16.3 Å². The molecule has 0 unspecified atom stereocenters. The first-order chi connectivity index (χ1) is 16.4. The smallest absolute Gasteiger partial charge is 0.417 e. The summed E-state index contributed by atoms with van der Waals surface area (Å²) in [7, 11) is -4.20. The predicted molar refractivity (Wildman–Crippen MR) is 128 cm³/mol. The standard InChI is InChI=1S/C24H22ClF3N2O4S/c1-3-21(34-22-7-5-4-6-15(22)2)23(31)29-16-8-11-18(12-9-16)35(32,33)30-17-10-13-20(25)19(14-17)24(26,27)28/h4-14,21,30H,3H2,1-2H3,(H,29,31)/t21-/m0/s1. The molecule has 1 atom stereocenters. The Balaban J connectivity index is 1.71. The Bertz CT molecular complexity index is 1310. The van der Waals surface area contributed by atoms with Crippen LogP contribution in [0.3, 0.4) is 0 Å². The number of benzene rings is 3. The van der Waals surface area contributed by atoms with Crippen molar-refractivity contribution in [3.8, 4) is 5.75 Å². The van der Waals surface area contributed by atoms with Crippen LogP contribution < -0.4 is 14.8 Å². The number of nitrogens with one attached hydrogen (secondary N) is 2. The lowest BCUT2D eigenvalue weighted by molar-refractivity contribution is -0.137. The summed E-state index contributed by atoms with van der Waals surface area (Å²) in [5, 5.41) is 2.13. The fourth-order valence-electron chi connectivity index (χ4n) is 3.12. The number of amides is 1. The van der Waals surface area contributed by atoms with Crippen LogP contribution in [0.15, 0.2) is 71.6 Å². The number of para-hydroxylation sites is 1. The molecular weight excluding hydrogens is 505 g/mol. The summed E-state index contributed by atoms with van der Waals surface area (Å²) in [5.41, 5.74) is -0.246. The van der Waals surface area contributed by atoms with Gasteiger partial charge in [-0.2, -0.15) is 13.2 Å². The maximum atomic E-state index is 13.1. The van der Waals surface area contributed by atoms with E-state index in [1.54, 1.807) is 19.1 Å². The van der Waals surface area contributed by atoms with Gasteiger partial charge in [-0.15, -0.1) is 0 Å². The van der Waals surface area contributed by atoms with Gasteiger partial charge in [-0.1, -0.05) is 36.7 Å². The van der Waals surface area contributed by atoms with Crippen LogP contribution in [0.25, 0.3) is 0 Å². The summed E-state index contributed by atoms with van der Waals surface area (Å²) in [6, 6.07) is 15.2. The normalized spacial score (nSPS) is 12.6. The molecule has 0 heterocycles. The highest BCUT2D eigenvalue weighted by molar-refractivity contribution is 7.92.